The summed E-state index contributed by atoms with van der Waals surface area (Å²) in [6, 6.07) is 9.58. The van der Waals surface area contributed by atoms with Crippen LogP contribution in [0.2, 0.25) is 0 Å². The predicted octanol–water partition coefficient (Wildman–Crippen LogP) is 5.32. The topological polar surface area (TPSA) is 98.5 Å². The van der Waals surface area contributed by atoms with Gasteiger partial charge in [-0.2, -0.15) is 13.9 Å². The van der Waals surface area contributed by atoms with Crippen LogP contribution in [0.1, 0.15) is 66.0 Å². The van der Waals surface area contributed by atoms with Gasteiger partial charge in [-0.05, 0) is 83.1 Å². The van der Waals surface area contributed by atoms with Crippen molar-refractivity contribution in [1.29, 1.82) is 5.26 Å². The van der Waals surface area contributed by atoms with E-state index in [4.69, 9.17) is 5.26 Å². The highest BCUT2D eigenvalue weighted by Gasteiger charge is 2.29. The molecule has 0 spiro atoms. The Morgan fingerprint density at radius 1 is 0.649 bits per heavy atom. The van der Waals surface area contributed by atoms with Gasteiger partial charge in [-0.25, -0.2) is 16.8 Å². The van der Waals surface area contributed by atoms with Gasteiger partial charge in [0.15, 0.2) is 0 Å². The largest absolute Gasteiger partial charge is 0.243 e. The third-order valence-electron chi connectivity index (χ3n) is 6.52. The molecule has 0 bridgehead atoms. The van der Waals surface area contributed by atoms with E-state index < -0.39 is 20.0 Å². The zero-order chi connectivity index (χ0) is 28.0. The maximum Gasteiger partial charge on any atom is 0.243 e. The lowest BCUT2D eigenvalue weighted by Gasteiger charge is -2.26. The lowest BCUT2D eigenvalue weighted by molar-refractivity contribution is 0.371. The molecule has 0 saturated heterocycles. The Morgan fingerprint density at radius 3 is 1.38 bits per heavy atom. The van der Waals surface area contributed by atoms with Gasteiger partial charge in [0.05, 0.1) is 15.9 Å². The first kappa shape index (κ1) is 31.0. The summed E-state index contributed by atoms with van der Waals surface area (Å²) < 4.78 is 57.1. The summed E-state index contributed by atoms with van der Waals surface area (Å²) in [4.78, 5) is 0.670. The van der Waals surface area contributed by atoms with E-state index in [9.17, 15) is 16.8 Å². The second-order valence-electron chi connectivity index (χ2n) is 9.83. The van der Waals surface area contributed by atoms with Crippen LogP contribution in [-0.4, -0.2) is 51.6 Å². The average Bonchev–Trinajstić information content (AvgIpc) is 2.75. The van der Waals surface area contributed by atoms with Gasteiger partial charge in [0.25, 0.3) is 0 Å². The molecule has 0 radical (unpaired) electrons. The van der Waals surface area contributed by atoms with Gasteiger partial charge in [-0.1, -0.05) is 42.3 Å². The summed E-state index contributed by atoms with van der Waals surface area (Å²) in [7, 11) is -7.43. The molecule has 0 unspecified atom stereocenters. The number of hydrogen-bond donors (Lipinski definition) is 0. The van der Waals surface area contributed by atoms with Gasteiger partial charge >= 0.3 is 0 Å². The molecule has 0 aliphatic carbocycles. The Bertz CT molecular complexity index is 1310. The fourth-order valence-electron chi connectivity index (χ4n) is 5.12. The average molecular weight is 548 g/mol. The van der Waals surface area contributed by atoms with Crippen molar-refractivity contribution in [2.75, 3.05) is 26.2 Å². The molecule has 0 aromatic heterocycles. The van der Waals surface area contributed by atoms with Crippen molar-refractivity contribution in [3.63, 3.8) is 0 Å². The minimum Gasteiger partial charge on any atom is -0.207 e. The summed E-state index contributed by atoms with van der Waals surface area (Å²) >= 11 is 0. The van der Waals surface area contributed by atoms with Crippen molar-refractivity contribution in [1.82, 2.24) is 8.61 Å². The van der Waals surface area contributed by atoms with Gasteiger partial charge in [-0.15, -0.1) is 0 Å². The molecule has 2 aromatic rings. The van der Waals surface area contributed by atoms with E-state index in [-0.39, 0.29) is 19.5 Å². The highest BCUT2D eigenvalue weighted by molar-refractivity contribution is 7.89. The van der Waals surface area contributed by atoms with Gasteiger partial charge in [0, 0.05) is 32.6 Å². The highest BCUT2D eigenvalue weighted by atomic mass is 32.2. The molecule has 0 amide bonds. The van der Waals surface area contributed by atoms with E-state index in [0.29, 0.717) is 53.3 Å². The standard InChI is InChI=1S/C28H41N3O4S2/c1-8-30(36(32,33)27-23(4)17-21(2)18-24(27)5)14-11-12-16-31(15-10-9-13-29)37(34,35)28-25(6)19-22(3)20-26(28)7/h17-20H,8-12,14-16H2,1-7H3. The number of rotatable bonds is 13. The quantitative estimate of drug-likeness (QED) is 0.316. The Labute approximate surface area is 224 Å². The Kier molecular flexibility index (Phi) is 10.9. The van der Waals surface area contributed by atoms with Crippen LogP contribution in [-0.2, 0) is 20.0 Å². The van der Waals surface area contributed by atoms with Gasteiger partial charge in [0.2, 0.25) is 20.0 Å². The molecule has 37 heavy (non-hydrogen) atoms. The van der Waals surface area contributed by atoms with Gasteiger partial charge in [0.1, 0.15) is 0 Å². The van der Waals surface area contributed by atoms with Crippen molar-refractivity contribution < 1.29 is 16.8 Å². The molecule has 0 saturated carbocycles. The van der Waals surface area contributed by atoms with E-state index in [1.165, 1.54) is 8.61 Å². The summed E-state index contributed by atoms with van der Waals surface area (Å²) in [6.07, 6.45) is 1.75. The maximum atomic E-state index is 13.6. The zero-order valence-corrected chi connectivity index (χ0v) is 24.9. The molecule has 204 valence electrons. The van der Waals surface area contributed by atoms with Crippen molar-refractivity contribution in [2.24, 2.45) is 0 Å². The number of hydrogen-bond acceptors (Lipinski definition) is 5. The van der Waals surface area contributed by atoms with Crippen LogP contribution >= 0.6 is 0 Å². The molecule has 0 heterocycles. The summed E-state index contributed by atoms with van der Waals surface area (Å²) in [6.45, 7) is 14.1. The maximum absolute atomic E-state index is 13.6. The van der Waals surface area contributed by atoms with E-state index in [1.54, 1.807) is 13.8 Å². The first-order chi connectivity index (χ1) is 17.3. The molecule has 2 aromatic carbocycles. The lowest BCUT2D eigenvalue weighted by Crippen LogP contribution is -2.35. The van der Waals surface area contributed by atoms with Crippen molar-refractivity contribution in [3.05, 3.63) is 57.6 Å². The minimum absolute atomic E-state index is 0.250. The predicted molar refractivity (Wildman–Crippen MR) is 149 cm³/mol. The summed E-state index contributed by atoms with van der Waals surface area (Å²) in [5.41, 5.74) is 4.90. The lowest BCUT2D eigenvalue weighted by atomic mass is 10.1. The van der Waals surface area contributed by atoms with Crippen LogP contribution in [0.15, 0.2) is 34.1 Å². The van der Waals surface area contributed by atoms with E-state index in [0.717, 1.165) is 22.3 Å². The molecule has 0 aliphatic heterocycles. The summed E-state index contributed by atoms with van der Waals surface area (Å²) in [5.74, 6) is 0. The third kappa shape index (κ3) is 7.41. The van der Waals surface area contributed by atoms with Crippen LogP contribution in [0, 0.1) is 52.9 Å². The second-order valence-corrected chi connectivity index (χ2v) is 13.6. The molecular formula is C28H41N3O4S2. The fraction of sp³-hybridized carbons (Fsp3) is 0.536. The van der Waals surface area contributed by atoms with Crippen LogP contribution in [0.4, 0.5) is 0 Å². The third-order valence-corrected chi connectivity index (χ3v) is 11.0. The summed E-state index contributed by atoms with van der Waals surface area (Å²) in [5, 5.41) is 8.96. The first-order valence-corrected chi connectivity index (χ1v) is 15.7. The molecule has 0 aliphatic rings. The number of aryl methyl sites for hydroxylation is 6. The highest BCUT2D eigenvalue weighted by Crippen LogP contribution is 2.27. The molecule has 2 rings (SSSR count). The van der Waals surface area contributed by atoms with E-state index >= 15 is 0 Å². The molecule has 9 heteroatoms. The normalized spacial score (nSPS) is 12.3. The monoisotopic (exact) mass is 547 g/mol. The Balaban J connectivity index is 2.21. The molecule has 0 fully saturated rings. The number of benzene rings is 2. The van der Waals surface area contributed by atoms with Gasteiger partial charge < -0.3 is 0 Å². The minimum atomic E-state index is -3.76. The SMILES string of the molecule is CCN(CCCCN(CCCC#N)S(=O)(=O)c1c(C)cc(C)cc1C)S(=O)(=O)c1c(C)cc(C)cc1C. The van der Waals surface area contributed by atoms with Crippen molar-refractivity contribution >= 4 is 20.0 Å². The van der Waals surface area contributed by atoms with Crippen molar-refractivity contribution in [3.8, 4) is 6.07 Å². The fourth-order valence-corrected chi connectivity index (χ4v) is 8.94. The van der Waals surface area contributed by atoms with Crippen LogP contribution in [0.25, 0.3) is 0 Å². The second kappa shape index (κ2) is 13.0. The Hall–Kier alpha value is -2.25. The zero-order valence-electron chi connectivity index (χ0n) is 23.3. The molecule has 7 nitrogen and oxygen atoms in total. The van der Waals surface area contributed by atoms with Crippen LogP contribution < -0.4 is 0 Å². The number of sulfonamides is 2. The Morgan fingerprint density at radius 2 is 1.00 bits per heavy atom. The number of nitriles is 1. The van der Waals surface area contributed by atoms with Crippen LogP contribution in [0.3, 0.4) is 0 Å². The smallest absolute Gasteiger partial charge is 0.207 e. The van der Waals surface area contributed by atoms with Crippen LogP contribution in [0.5, 0.6) is 0 Å². The van der Waals surface area contributed by atoms with E-state index in [1.807, 2.05) is 58.9 Å². The molecule has 0 N–H and O–H groups in total. The van der Waals surface area contributed by atoms with Crippen molar-refractivity contribution in [2.45, 2.75) is 83.9 Å². The molecule has 0 atom stereocenters. The number of unbranched alkanes of at least 4 members (excludes halogenated alkanes) is 2. The van der Waals surface area contributed by atoms with E-state index in [2.05, 4.69) is 6.07 Å². The molecular weight excluding hydrogens is 506 g/mol. The first-order valence-electron chi connectivity index (χ1n) is 12.8. The van der Waals surface area contributed by atoms with Gasteiger partial charge in [-0.3, -0.25) is 0 Å². The number of nitrogens with zero attached hydrogens (tertiary/aromatic N) is 3.